The first-order valence-electron chi connectivity index (χ1n) is 9.39. The monoisotopic (exact) mass is 350 g/mol. The molecule has 2 N–H and O–H groups in total. The molecule has 0 saturated carbocycles. The predicted octanol–water partition coefficient (Wildman–Crippen LogP) is 3.00. The predicted molar refractivity (Wildman–Crippen MR) is 104 cm³/mol. The van der Waals surface area contributed by atoms with Gasteiger partial charge in [0, 0.05) is 42.6 Å². The largest absolute Gasteiger partial charge is 0.361 e. The van der Waals surface area contributed by atoms with E-state index in [9.17, 15) is 4.79 Å². The summed E-state index contributed by atoms with van der Waals surface area (Å²) in [5.74, 6) is 0.117. The van der Waals surface area contributed by atoms with E-state index in [1.807, 2.05) is 12.3 Å². The maximum absolute atomic E-state index is 12.4. The van der Waals surface area contributed by atoms with E-state index in [0.717, 1.165) is 31.3 Å². The second kappa shape index (κ2) is 7.38. The van der Waals surface area contributed by atoms with E-state index in [-0.39, 0.29) is 5.91 Å². The van der Waals surface area contributed by atoms with Crippen LogP contribution in [0.4, 0.5) is 0 Å². The quantitative estimate of drug-likeness (QED) is 0.718. The topological polar surface area (TPSA) is 53.1 Å². The third-order valence-corrected chi connectivity index (χ3v) is 5.43. The van der Waals surface area contributed by atoms with Crippen LogP contribution >= 0.6 is 0 Å². The van der Waals surface area contributed by atoms with Gasteiger partial charge in [-0.05, 0) is 49.6 Å². The summed E-state index contributed by atoms with van der Waals surface area (Å²) >= 11 is 0. The van der Waals surface area contributed by atoms with Gasteiger partial charge >= 0.3 is 0 Å². The van der Waals surface area contributed by atoms with Gasteiger partial charge in [0.05, 0.1) is 12.6 Å². The Morgan fingerprint density at radius 1 is 1.27 bits per heavy atom. The zero-order valence-corrected chi connectivity index (χ0v) is 15.2. The van der Waals surface area contributed by atoms with Gasteiger partial charge in [0.15, 0.2) is 0 Å². The molecule has 1 amide bonds. The van der Waals surface area contributed by atoms with E-state index >= 15 is 0 Å². The van der Waals surface area contributed by atoms with Gasteiger partial charge in [0.25, 0.3) is 0 Å². The van der Waals surface area contributed by atoms with Gasteiger partial charge in [0.2, 0.25) is 5.91 Å². The maximum atomic E-state index is 12.4. The lowest BCUT2D eigenvalue weighted by molar-refractivity contribution is -0.122. The standard InChI is InChI=1S/C21H26N4O/c1-24-12-4-8-19(24)20-9-5-13-25(20)15-21(26)22-11-10-16-14-23-18-7-3-2-6-17(16)18/h2-4,6-8,12,14,20,23H,5,9-11,13,15H2,1H3,(H,22,26). The van der Waals surface area contributed by atoms with Crippen LogP contribution in [-0.4, -0.2) is 40.0 Å². The number of carbonyl (C=O) groups is 1. The van der Waals surface area contributed by atoms with Gasteiger partial charge in [0.1, 0.15) is 0 Å². The molecular formula is C21H26N4O. The number of benzene rings is 1. The molecule has 4 rings (SSSR count). The fourth-order valence-electron chi connectivity index (χ4n) is 4.09. The Kier molecular flexibility index (Phi) is 4.80. The number of nitrogens with zero attached hydrogens (tertiary/aromatic N) is 2. The highest BCUT2D eigenvalue weighted by molar-refractivity contribution is 5.83. The van der Waals surface area contributed by atoms with Gasteiger partial charge in [-0.2, -0.15) is 0 Å². The lowest BCUT2D eigenvalue weighted by Gasteiger charge is -2.24. The smallest absolute Gasteiger partial charge is 0.234 e. The average molecular weight is 350 g/mol. The van der Waals surface area contributed by atoms with Gasteiger partial charge < -0.3 is 14.9 Å². The SMILES string of the molecule is Cn1cccc1C1CCCN1CC(=O)NCCc1c[nH]c2ccccc12. The number of para-hydroxylation sites is 1. The second-order valence-electron chi connectivity index (χ2n) is 7.13. The van der Waals surface area contributed by atoms with Crippen LogP contribution < -0.4 is 5.32 Å². The summed E-state index contributed by atoms with van der Waals surface area (Å²) in [6.07, 6.45) is 7.24. The van der Waals surface area contributed by atoms with Crippen molar-refractivity contribution in [1.82, 2.24) is 19.8 Å². The van der Waals surface area contributed by atoms with Crippen molar-refractivity contribution in [1.29, 1.82) is 0 Å². The van der Waals surface area contributed by atoms with Gasteiger partial charge in [-0.15, -0.1) is 0 Å². The zero-order chi connectivity index (χ0) is 17.9. The summed E-state index contributed by atoms with van der Waals surface area (Å²) in [5, 5.41) is 4.33. The Labute approximate surface area is 154 Å². The van der Waals surface area contributed by atoms with Crippen LogP contribution in [0.5, 0.6) is 0 Å². The number of nitrogens with one attached hydrogen (secondary N) is 2. The summed E-state index contributed by atoms with van der Waals surface area (Å²) in [5.41, 5.74) is 3.70. The van der Waals surface area contributed by atoms with Crippen molar-refractivity contribution in [3.63, 3.8) is 0 Å². The number of hydrogen-bond donors (Lipinski definition) is 2. The normalized spacial score (nSPS) is 17.8. The number of hydrogen-bond acceptors (Lipinski definition) is 2. The van der Waals surface area contributed by atoms with Gasteiger partial charge in [-0.25, -0.2) is 0 Å². The van der Waals surface area contributed by atoms with Crippen LogP contribution in [-0.2, 0) is 18.3 Å². The molecule has 0 aliphatic carbocycles. The molecule has 0 bridgehead atoms. The fraction of sp³-hybridized carbons (Fsp3) is 0.381. The summed E-state index contributed by atoms with van der Waals surface area (Å²) in [6, 6.07) is 12.9. The average Bonchev–Trinajstić information content (AvgIpc) is 3.35. The number of aryl methyl sites for hydroxylation is 1. The third kappa shape index (κ3) is 3.40. The molecule has 3 aromatic rings. The molecule has 0 spiro atoms. The van der Waals surface area contributed by atoms with Gasteiger partial charge in [-0.3, -0.25) is 9.69 Å². The Morgan fingerprint density at radius 3 is 3.00 bits per heavy atom. The van der Waals surface area contributed by atoms with Gasteiger partial charge in [-0.1, -0.05) is 18.2 Å². The Bertz CT molecular complexity index is 894. The molecule has 0 radical (unpaired) electrons. The van der Waals surface area contributed by atoms with Crippen LogP contribution in [0.25, 0.3) is 10.9 Å². The molecule has 1 aromatic carbocycles. The Balaban J connectivity index is 1.31. The molecule has 1 saturated heterocycles. The highest BCUT2D eigenvalue weighted by Crippen LogP contribution is 2.31. The first kappa shape index (κ1) is 16.9. The Hall–Kier alpha value is -2.53. The van der Waals surface area contributed by atoms with Crippen molar-refractivity contribution in [2.24, 2.45) is 7.05 Å². The highest BCUT2D eigenvalue weighted by Gasteiger charge is 2.28. The first-order chi connectivity index (χ1) is 12.7. The van der Waals surface area contributed by atoms with Crippen LogP contribution in [0.3, 0.4) is 0 Å². The van der Waals surface area contributed by atoms with E-state index in [1.54, 1.807) is 0 Å². The van der Waals surface area contributed by atoms with Crippen LogP contribution in [0.15, 0.2) is 48.8 Å². The first-order valence-corrected chi connectivity index (χ1v) is 9.39. The minimum absolute atomic E-state index is 0.117. The molecule has 1 atom stereocenters. The van der Waals surface area contributed by atoms with Crippen molar-refractivity contribution < 1.29 is 4.79 Å². The van der Waals surface area contributed by atoms with E-state index in [1.165, 1.54) is 16.6 Å². The lowest BCUT2D eigenvalue weighted by Crippen LogP contribution is -2.38. The van der Waals surface area contributed by atoms with Crippen molar-refractivity contribution in [2.75, 3.05) is 19.6 Å². The van der Waals surface area contributed by atoms with E-state index in [4.69, 9.17) is 0 Å². The number of H-pyrrole nitrogens is 1. The molecule has 26 heavy (non-hydrogen) atoms. The molecule has 5 nitrogen and oxygen atoms in total. The molecule has 1 aliphatic rings. The summed E-state index contributed by atoms with van der Waals surface area (Å²) < 4.78 is 2.16. The van der Waals surface area contributed by atoms with Crippen molar-refractivity contribution in [2.45, 2.75) is 25.3 Å². The zero-order valence-electron chi connectivity index (χ0n) is 15.2. The number of fused-ring (bicyclic) bond motifs is 1. The molecule has 136 valence electrons. The summed E-state index contributed by atoms with van der Waals surface area (Å²) in [4.78, 5) is 18.0. The molecule has 1 fully saturated rings. The summed E-state index contributed by atoms with van der Waals surface area (Å²) in [6.45, 7) is 2.14. The van der Waals surface area contributed by atoms with E-state index < -0.39 is 0 Å². The van der Waals surface area contributed by atoms with Crippen LogP contribution in [0.2, 0.25) is 0 Å². The minimum atomic E-state index is 0.117. The van der Waals surface area contributed by atoms with E-state index in [2.05, 4.69) is 63.3 Å². The summed E-state index contributed by atoms with van der Waals surface area (Å²) in [7, 11) is 2.08. The molecule has 1 unspecified atom stereocenters. The molecule has 1 aliphatic heterocycles. The lowest BCUT2D eigenvalue weighted by atomic mass is 10.1. The number of likely N-dealkylation sites (tertiary alicyclic amines) is 1. The fourth-order valence-corrected chi connectivity index (χ4v) is 4.09. The number of amides is 1. The second-order valence-corrected chi connectivity index (χ2v) is 7.13. The van der Waals surface area contributed by atoms with E-state index in [0.29, 0.717) is 19.1 Å². The Morgan fingerprint density at radius 2 is 2.15 bits per heavy atom. The number of aromatic nitrogens is 2. The molecule has 3 heterocycles. The minimum Gasteiger partial charge on any atom is -0.361 e. The van der Waals surface area contributed by atoms with Crippen molar-refractivity contribution in [3.8, 4) is 0 Å². The number of carbonyl (C=O) groups excluding carboxylic acids is 1. The van der Waals surface area contributed by atoms with Crippen molar-refractivity contribution >= 4 is 16.8 Å². The molecular weight excluding hydrogens is 324 g/mol. The van der Waals surface area contributed by atoms with Crippen LogP contribution in [0.1, 0.15) is 30.1 Å². The highest BCUT2D eigenvalue weighted by atomic mass is 16.2. The number of rotatable bonds is 6. The molecule has 2 aromatic heterocycles. The van der Waals surface area contributed by atoms with Crippen molar-refractivity contribution in [3.05, 3.63) is 60.0 Å². The number of aromatic amines is 1. The third-order valence-electron chi connectivity index (χ3n) is 5.43. The maximum Gasteiger partial charge on any atom is 0.234 e. The molecule has 5 heteroatoms. The van der Waals surface area contributed by atoms with Crippen LogP contribution in [0, 0.1) is 0 Å².